The predicted molar refractivity (Wildman–Crippen MR) is 157 cm³/mol. The van der Waals surface area contributed by atoms with E-state index in [0.29, 0.717) is 5.92 Å². The number of aromatic nitrogens is 1. The molecule has 0 spiro atoms. The maximum absolute atomic E-state index is 6.04. The van der Waals surface area contributed by atoms with E-state index in [0.717, 1.165) is 31.7 Å². The molecular weight excluding hydrogens is 454 g/mol. The van der Waals surface area contributed by atoms with Crippen molar-refractivity contribution in [3.8, 4) is 11.3 Å². The van der Waals surface area contributed by atoms with Gasteiger partial charge < -0.3 is 9.47 Å². The van der Waals surface area contributed by atoms with Crippen LogP contribution in [-0.4, -0.2) is 24.5 Å². The van der Waals surface area contributed by atoms with Crippen LogP contribution < -0.4 is 0 Å². The Labute approximate surface area is 227 Å². The lowest BCUT2D eigenvalue weighted by molar-refractivity contribution is -0.203. The lowest BCUT2D eigenvalue weighted by atomic mass is 10.0. The van der Waals surface area contributed by atoms with Gasteiger partial charge in [0.15, 0.2) is 6.29 Å². The average Bonchev–Trinajstić information content (AvgIpc) is 2.94. The van der Waals surface area contributed by atoms with Crippen LogP contribution in [0.25, 0.3) is 11.3 Å². The number of aryl methyl sites for hydroxylation is 2. The van der Waals surface area contributed by atoms with Crippen molar-refractivity contribution in [2.24, 2.45) is 5.92 Å². The molecule has 0 unspecified atom stereocenters. The summed E-state index contributed by atoms with van der Waals surface area (Å²) in [6.07, 6.45) is 23.9. The number of hydrogen-bond acceptors (Lipinski definition) is 3. The van der Waals surface area contributed by atoms with E-state index in [-0.39, 0.29) is 6.29 Å². The van der Waals surface area contributed by atoms with Gasteiger partial charge in [-0.15, -0.1) is 0 Å². The number of rotatable bonds is 19. The zero-order valence-electron chi connectivity index (χ0n) is 23.9. The molecule has 1 aliphatic rings. The van der Waals surface area contributed by atoms with Crippen LogP contribution in [0.15, 0.2) is 42.6 Å². The Morgan fingerprint density at radius 3 is 1.84 bits per heavy atom. The minimum absolute atomic E-state index is 0.0657. The molecule has 0 aliphatic carbocycles. The third-order valence-electron chi connectivity index (χ3n) is 7.81. The van der Waals surface area contributed by atoms with Gasteiger partial charge in [0.1, 0.15) is 0 Å². The first-order chi connectivity index (χ1) is 18.3. The van der Waals surface area contributed by atoms with E-state index in [4.69, 9.17) is 14.5 Å². The highest BCUT2D eigenvalue weighted by Crippen LogP contribution is 2.22. The quantitative estimate of drug-likeness (QED) is 0.177. The standard InChI is InChI=1S/C34H53NO2/c1-3-5-7-9-10-11-13-15-17-31-27-36-34(37-28-31)25-21-30-20-24-33(35-26-30)32-22-18-29(19-23-32)16-14-12-8-6-4-2/h18-20,22-24,26,31,34H,3-17,21,25,27-28H2,1-2H3/t31-,34-. The Balaban J connectivity index is 1.27. The van der Waals surface area contributed by atoms with Crippen LogP contribution in [0, 0.1) is 5.92 Å². The Bertz CT molecular complexity index is 809. The van der Waals surface area contributed by atoms with Crippen molar-refractivity contribution >= 4 is 0 Å². The zero-order valence-corrected chi connectivity index (χ0v) is 23.9. The summed E-state index contributed by atoms with van der Waals surface area (Å²) < 4.78 is 12.1. The molecule has 2 aromatic rings. The van der Waals surface area contributed by atoms with Crippen LogP contribution in [0.4, 0.5) is 0 Å². The van der Waals surface area contributed by atoms with Crippen molar-refractivity contribution in [3.63, 3.8) is 0 Å². The molecule has 0 radical (unpaired) electrons. The second kappa shape index (κ2) is 18.5. The van der Waals surface area contributed by atoms with Gasteiger partial charge in [0.25, 0.3) is 0 Å². The topological polar surface area (TPSA) is 31.4 Å². The molecule has 1 saturated heterocycles. The fraction of sp³-hybridized carbons (Fsp3) is 0.676. The third kappa shape index (κ3) is 12.1. The minimum Gasteiger partial charge on any atom is -0.352 e. The number of benzene rings is 1. The molecule has 1 aromatic heterocycles. The fourth-order valence-corrected chi connectivity index (χ4v) is 5.29. The van der Waals surface area contributed by atoms with Crippen molar-refractivity contribution in [2.75, 3.05) is 13.2 Å². The highest BCUT2D eigenvalue weighted by molar-refractivity contribution is 5.59. The smallest absolute Gasteiger partial charge is 0.157 e. The van der Waals surface area contributed by atoms with E-state index in [2.05, 4.69) is 50.2 Å². The molecule has 1 fully saturated rings. The lowest BCUT2D eigenvalue weighted by Crippen LogP contribution is -2.32. The van der Waals surface area contributed by atoms with E-state index in [1.807, 2.05) is 6.20 Å². The predicted octanol–water partition coefficient (Wildman–Crippen LogP) is 9.71. The van der Waals surface area contributed by atoms with E-state index in [1.165, 1.54) is 113 Å². The molecule has 0 N–H and O–H groups in total. The summed E-state index contributed by atoms with van der Waals surface area (Å²) in [6.45, 7) is 6.26. The van der Waals surface area contributed by atoms with Crippen LogP contribution in [0.2, 0.25) is 0 Å². The molecule has 3 heteroatoms. The number of pyridine rings is 1. The number of hydrogen-bond donors (Lipinski definition) is 0. The van der Waals surface area contributed by atoms with Gasteiger partial charge in [-0.3, -0.25) is 4.98 Å². The fourth-order valence-electron chi connectivity index (χ4n) is 5.29. The lowest BCUT2D eigenvalue weighted by Gasteiger charge is -2.29. The van der Waals surface area contributed by atoms with Crippen LogP contribution >= 0.6 is 0 Å². The molecule has 1 aliphatic heterocycles. The van der Waals surface area contributed by atoms with Crippen LogP contribution in [0.3, 0.4) is 0 Å². The summed E-state index contributed by atoms with van der Waals surface area (Å²) in [6, 6.07) is 13.3. The van der Waals surface area contributed by atoms with Crippen LogP contribution in [0.5, 0.6) is 0 Å². The Kier molecular flexibility index (Phi) is 14.9. The normalized spacial score (nSPS) is 17.8. The van der Waals surface area contributed by atoms with E-state index >= 15 is 0 Å². The average molecular weight is 508 g/mol. The van der Waals surface area contributed by atoms with E-state index in [9.17, 15) is 0 Å². The number of nitrogens with zero attached hydrogens (tertiary/aromatic N) is 1. The van der Waals surface area contributed by atoms with E-state index < -0.39 is 0 Å². The Hall–Kier alpha value is -1.71. The second-order valence-corrected chi connectivity index (χ2v) is 11.2. The van der Waals surface area contributed by atoms with Crippen molar-refractivity contribution in [1.29, 1.82) is 0 Å². The number of unbranched alkanes of at least 4 members (excludes halogenated alkanes) is 11. The Morgan fingerprint density at radius 1 is 0.622 bits per heavy atom. The minimum atomic E-state index is -0.0657. The van der Waals surface area contributed by atoms with E-state index in [1.54, 1.807) is 0 Å². The molecular formula is C34H53NO2. The Morgan fingerprint density at radius 2 is 1.22 bits per heavy atom. The van der Waals surface area contributed by atoms with Gasteiger partial charge in [-0.25, -0.2) is 0 Å². The largest absolute Gasteiger partial charge is 0.352 e. The van der Waals surface area contributed by atoms with Crippen LogP contribution in [-0.2, 0) is 22.3 Å². The van der Waals surface area contributed by atoms with Crippen molar-refractivity contribution in [2.45, 2.75) is 129 Å². The van der Waals surface area contributed by atoms with Gasteiger partial charge in [-0.05, 0) is 42.9 Å². The second-order valence-electron chi connectivity index (χ2n) is 11.2. The zero-order chi connectivity index (χ0) is 26.0. The molecule has 0 bridgehead atoms. The first kappa shape index (κ1) is 29.8. The summed E-state index contributed by atoms with van der Waals surface area (Å²) in [7, 11) is 0. The molecule has 0 saturated carbocycles. The SMILES string of the molecule is CCCCCCCCCC[C@H]1CO[C@H](CCc2ccc(-c3ccc(CCCCCCC)cc3)nc2)OC1. The maximum atomic E-state index is 6.04. The summed E-state index contributed by atoms with van der Waals surface area (Å²) in [4.78, 5) is 4.74. The van der Waals surface area contributed by atoms with Gasteiger partial charge in [0.05, 0.1) is 18.9 Å². The third-order valence-corrected chi connectivity index (χ3v) is 7.81. The van der Waals surface area contributed by atoms with Gasteiger partial charge in [-0.1, -0.05) is 121 Å². The molecule has 206 valence electrons. The van der Waals surface area contributed by atoms with Gasteiger partial charge in [0, 0.05) is 24.1 Å². The van der Waals surface area contributed by atoms with Gasteiger partial charge in [-0.2, -0.15) is 0 Å². The maximum Gasteiger partial charge on any atom is 0.157 e. The van der Waals surface area contributed by atoms with Crippen molar-refractivity contribution in [1.82, 2.24) is 4.98 Å². The monoisotopic (exact) mass is 507 g/mol. The van der Waals surface area contributed by atoms with Crippen LogP contribution in [0.1, 0.15) is 121 Å². The first-order valence-electron chi connectivity index (χ1n) is 15.6. The molecule has 0 amide bonds. The number of ether oxygens (including phenoxy) is 2. The van der Waals surface area contributed by atoms with Gasteiger partial charge >= 0.3 is 0 Å². The summed E-state index contributed by atoms with van der Waals surface area (Å²) in [5, 5.41) is 0. The molecule has 3 nitrogen and oxygen atoms in total. The molecule has 37 heavy (non-hydrogen) atoms. The molecule has 3 rings (SSSR count). The summed E-state index contributed by atoms with van der Waals surface area (Å²) in [5.41, 5.74) is 4.93. The molecule has 0 atom stereocenters. The first-order valence-corrected chi connectivity index (χ1v) is 15.6. The van der Waals surface area contributed by atoms with Crippen molar-refractivity contribution in [3.05, 3.63) is 53.7 Å². The van der Waals surface area contributed by atoms with Crippen molar-refractivity contribution < 1.29 is 9.47 Å². The summed E-state index contributed by atoms with van der Waals surface area (Å²) >= 11 is 0. The summed E-state index contributed by atoms with van der Waals surface area (Å²) in [5.74, 6) is 0.574. The molecule has 1 aromatic carbocycles. The van der Waals surface area contributed by atoms with Gasteiger partial charge in [0.2, 0.25) is 0 Å². The highest BCUT2D eigenvalue weighted by atomic mass is 16.7. The molecule has 2 heterocycles. The highest BCUT2D eigenvalue weighted by Gasteiger charge is 2.21.